The third kappa shape index (κ3) is 8.28. The molecule has 0 bridgehead atoms. The van der Waals surface area contributed by atoms with Crippen LogP contribution in [0.3, 0.4) is 0 Å². The van der Waals surface area contributed by atoms with Gasteiger partial charge in [-0.3, -0.25) is 9.59 Å². The molecule has 1 fully saturated rings. The van der Waals surface area contributed by atoms with Crippen LogP contribution in [0.4, 0.5) is 11.6 Å². The third-order valence-corrected chi connectivity index (χ3v) is 8.06. The molecule has 9 heteroatoms. The Bertz CT molecular complexity index is 1790. The second kappa shape index (κ2) is 15.5. The maximum Gasteiger partial charge on any atom is 0.335 e. The molecule has 0 saturated carbocycles. The highest BCUT2D eigenvalue weighted by molar-refractivity contribution is 6.04. The van der Waals surface area contributed by atoms with Gasteiger partial charge in [0.2, 0.25) is 0 Å². The predicted octanol–water partition coefficient (Wildman–Crippen LogP) is 7.63. The molecule has 3 aromatic rings. The molecule has 2 heterocycles. The normalized spacial score (nSPS) is 15.7. The molecule has 0 amide bonds. The first-order valence-electron chi connectivity index (χ1n) is 15.8. The average molecular weight is 626 g/mol. The molecule has 0 radical (unpaired) electrons. The Morgan fingerprint density at radius 3 is 2.46 bits per heavy atom. The summed E-state index contributed by atoms with van der Waals surface area (Å²) >= 11 is 0. The number of ketones is 1. The summed E-state index contributed by atoms with van der Waals surface area (Å²) in [5.74, 6) is 0.0180. The highest BCUT2D eigenvalue weighted by Crippen LogP contribution is 2.30. The number of morpholine rings is 1. The van der Waals surface area contributed by atoms with E-state index < -0.39 is 5.97 Å². The lowest BCUT2D eigenvalue weighted by Crippen LogP contribution is -2.36. The zero-order chi connectivity index (χ0) is 33.4. The minimum Gasteiger partial charge on any atom is -0.478 e. The van der Waals surface area contributed by atoms with Gasteiger partial charge in [0.1, 0.15) is 11.4 Å². The molecular formula is C37H43N3O6. The zero-order valence-electron chi connectivity index (χ0n) is 27.5. The van der Waals surface area contributed by atoms with E-state index in [9.17, 15) is 19.5 Å². The minimum atomic E-state index is -1.07. The fraction of sp³-hybridized carbons (Fsp3) is 0.351. The number of anilines is 2. The number of nitrogens with zero attached hydrogens (tertiary/aromatic N) is 2. The zero-order valence-corrected chi connectivity index (χ0v) is 27.5. The van der Waals surface area contributed by atoms with E-state index in [1.165, 1.54) is 6.07 Å². The Morgan fingerprint density at radius 1 is 1.07 bits per heavy atom. The van der Waals surface area contributed by atoms with Crippen LogP contribution in [-0.4, -0.2) is 48.9 Å². The molecule has 1 aliphatic rings. The summed E-state index contributed by atoms with van der Waals surface area (Å²) in [4.78, 5) is 44.6. The first-order chi connectivity index (χ1) is 22.0. The summed E-state index contributed by atoms with van der Waals surface area (Å²) in [7, 11) is 0. The summed E-state index contributed by atoms with van der Waals surface area (Å²) in [5, 5.41) is 13.7. The van der Waals surface area contributed by atoms with Gasteiger partial charge in [0.05, 0.1) is 24.2 Å². The van der Waals surface area contributed by atoms with E-state index in [0.29, 0.717) is 83.5 Å². The molecule has 46 heavy (non-hydrogen) atoms. The number of allylic oxidation sites excluding steroid dienone is 5. The van der Waals surface area contributed by atoms with Gasteiger partial charge in [-0.15, -0.1) is 0 Å². The number of benzene rings is 2. The van der Waals surface area contributed by atoms with Crippen molar-refractivity contribution in [1.82, 2.24) is 0 Å². The van der Waals surface area contributed by atoms with E-state index in [-0.39, 0.29) is 22.7 Å². The fourth-order valence-electron chi connectivity index (χ4n) is 5.24. The van der Waals surface area contributed by atoms with Gasteiger partial charge in [-0.2, -0.15) is 0 Å². The highest BCUT2D eigenvalue weighted by Gasteiger charge is 2.17. The SMILES string of the molecule is C/C=C(/C=C(\C)C(=O)C(C)CC)C(\C)=N/C(=C/CC)Nc1cc(C(=O)O)cc(-c2ccc3c(=O)cc(N4CCOCC4)oc3c2)c1. The number of carboxylic acid groups (broad SMARTS) is 1. The molecule has 0 spiro atoms. The van der Waals surface area contributed by atoms with Gasteiger partial charge in [0.25, 0.3) is 0 Å². The number of carboxylic acids is 1. The smallest absolute Gasteiger partial charge is 0.335 e. The van der Waals surface area contributed by atoms with Crippen molar-refractivity contribution in [3.8, 4) is 11.1 Å². The molecule has 2 N–H and O–H groups in total. The van der Waals surface area contributed by atoms with Gasteiger partial charge in [0, 0.05) is 36.5 Å². The van der Waals surface area contributed by atoms with Crippen LogP contribution in [-0.2, 0) is 9.53 Å². The number of ether oxygens (including phenoxy) is 1. The Balaban J connectivity index is 1.69. The Morgan fingerprint density at radius 2 is 1.80 bits per heavy atom. The number of fused-ring (bicyclic) bond motifs is 1. The molecule has 4 rings (SSSR count). The van der Waals surface area contributed by atoms with Gasteiger partial charge >= 0.3 is 5.97 Å². The summed E-state index contributed by atoms with van der Waals surface area (Å²) in [6.45, 7) is 13.9. The highest BCUT2D eigenvalue weighted by atomic mass is 16.5. The second-order valence-electron chi connectivity index (χ2n) is 11.4. The maximum atomic E-state index is 12.9. The van der Waals surface area contributed by atoms with Crippen molar-refractivity contribution in [2.75, 3.05) is 36.5 Å². The van der Waals surface area contributed by atoms with Crippen molar-refractivity contribution in [2.45, 2.75) is 54.4 Å². The molecular weight excluding hydrogens is 582 g/mol. The number of nitrogens with one attached hydrogen (secondary N) is 1. The lowest BCUT2D eigenvalue weighted by molar-refractivity contribution is -0.118. The first-order valence-corrected chi connectivity index (χ1v) is 15.8. The van der Waals surface area contributed by atoms with Crippen LogP contribution < -0.4 is 15.6 Å². The summed E-state index contributed by atoms with van der Waals surface area (Å²) in [5.41, 5.74) is 4.45. The van der Waals surface area contributed by atoms with Gasteiger partial charge in [-0.1, -0.05) is 32.9 Å². The second-order valence-corrected chi connectivity index (χ2v) is 11.4. The van der Waals surface area contributed by atoms with Crippen LogP contribution in [0.2, 0.25) is 0 Å². The summed E-state index contributed by atoms with van der Waals surface area (Å²) in [6.07, 6.45) is 7.16. The number of hydrogen-bond donors (Lipinski definition) is 2. The Hall–Kier alpha value is -4.76. The van der Waals surface area contributed by atoms with Crippen molar-refractivity contribution >= 4 is 40.0 Å². The van der Waals surface area contributed by atoms with Crippen LogP contribution in [0.15, 0.2) is 91.9 Å². The Kier molecular flexibility index (Phi) is 11.5. The Labute approximate surface area is 270 Å². The van der Waals surface area contributed by atoms with Crippen LogP contribution in [0.5, 0.6) is 0 Å². The molecule has 0 aliphatic carbocycles. The molecule has 1 aromatic heterocycles. The molecule has 2 aromatic carbocycles. The van der Waals surface area contributed by atoms with E-state index >= 15 is 0 Å². The quantitative estimate of drug-likeness (QED) is 0.120. The van der Waals surface area contributed by atoms with E-state index in [2.05, 4.69) is 5.32 Å². The minimum absolute atomic E-state index is 0.0509. The third-order valence-electron chi connectivity index (χ3n) is 8.06. The van der Waals surface area contributed by atoms with E-state index in [1.807, 2.05) is 70.7 Å². The van der Waals surface area contributed by atoms with Crippen LogP contribution >= 0.6 is 0 Å². The van der Waals surface area contributed by atoms with Gasteiger partial charge in [-0.25, -0.2) is 9.79 Å². The van der Waals surface area contributed by atoms with Gasteiger partial charge < -0.3 is 24.5 Å². The monoisotopic (exact) mass is 625 g/mol. The van der Waals surface area contributed by atoms with Crippen LogP contribution in [0.1, 0.15) is 64.7 Å². The average Bonchev–Trinajstić information content (AvgIpc) is 3.06. The van der Waals surface area contributed by atoms with E-state index in [4.69, 9.17) is 14.1 Å². The van der Waals surface area contributed by atoms with E-state index in [0.717, 1.165) is 12.0 Å². The first kappa shape index (κ1) is 34.1. The molecule has 1 unspecified atom stereocenters. The van der Waals surface area contributed by atoms with Crippen LogP contribution in [0, 0.1) is 5.92 Å². The number of carbonyl (C=O) groups excluding carboxylic acids is 1. The molecule has 1 saturated heterocycles. The lowest BCUT2D eigenvalue weighted by atomic mass is 9.96. The van der Waals surface area contributed by atoms with Gasteiger partial charge in [0.15, 0.2) is 17.1 Å². The van der Waals surface area contributed by atoms with E-state index in [1.54, 1.807) is 30.3 Å². The molecule has 242 valence electrons. The molecule has 1 aliphatic heterocycles. The molecule has 1 atom stereocenters. The number of rotatable bonds is 12. The largest absolute Gasteiger partial charge is 0.478 e. The molecule has 9 nitrogen and oxygen atoms in total. The van der Waals surface area contributed by atoms with Gasteiger partial charge in [-0.05, 0) is 98.4 Å². The number of hydrogen-bond acceptors (Lipinski definition) is 8. The number of Topliss-reactive ketones (excluding diaryl/α,β-unsaturated/α-hetero) is 1. The van der Waals surface area contributed by atoms with Crippen molar-refractivity contribution in [3.05, 3.63) is 93.4 Å². The summed E-state index contributed by atoms with van der Waals surface area (Å²) in [6, 6.07) is 11.8. The topological polar surface area (TPSA) is 121 Å². The number of aliphatic imine (C=N–C) groups is 1. The van der Waals surface area contributed by atoms with Crippen molar-refractivity contribution in [2.24, 2.45) is 10.9 Å². The lowest BCUT2D eigenvalue weighted by Gasteiger charge is -2.27. The van der Waals surface area contributed by atoms with Crippen molar-refractivity contribution in [3.63, 3.8) is 0 Å². The number of carbonyl (C=O) groups is 2. The predicted molar refractivity (Wildman–Crippen MR) is 185 cm³/mol. The standard InChI is InChI=1S/C37H43N3O6/c1-7-10-34(38-25(6)26(9-3)17-24(5)36(42)23(4)8-2)39-30-19-28(18-29(20-30)37(43)44)27-11-12-31-32(41)22-35(46-33(31)21-27)40-13-15-45-16-14-40/h9-12,17-23,39H,7-8,13-16H2,1-6H3,(H,43,44)/b24-17+,26-9-,34-10-,38-25-. The summed E-state index contributed by atoms with van der Waals surface area (Å²) < 4.78 is 11.6. The van der Waals surface area contributed by atoms with Crippen molar-refractivity contribution in [1.29, 1.82) is 0 Å². The fourth-order valence-corrected chi connectivity index (χ4v) is 5.24. The number of aromatic carboxylic acids is 1. The van der Waals surface area contributed by atoms with Crippen molar-refractivity contribution < 1.29 is 23.8 Å². The van der Waals surface area contributed by atoms with Crippen LogP contribution in [0.25, 0.3) is 22.1 Å². The maximum absolute atomic E-state index is 12.9.